The number of nitrogens with zero attached hydrogens (tertiary/aromatic N) is 2. The summed E-state index contributed by atoms with van der Waals surface area (Å²) in [5.41, 5.74) is 5.81. The maximum absolute atomic E-state index is 5.81. The Labute approximate surface area is 116 Å². The van der Waals surface area contributed by atoms with E-state index in [4.69, 9.17) is 10.3 Å². The van der Waals surface area contributed by atoms with Crippen molar-refractivity contribution in [3.63, 3.8) is 0 Å². The van der Waals surface area contributed by atoms with Crippen molar-refractivity contribution >= 4 is 0 Å². The van der Waals surface area contributed by atoms with Crippen molar-refractivity contribution in [1.82, 2.24) is 10.1 Å². The molecule has 2 rings (SSSR count). The van der Waals surface area contributed by atoms with Crippen LogP contribution in [0.3, 0.4) is 0 Å². The molecule has 2 N–H and O–H groups in total. The van der Waals surface area contributed by atoms with E-state index >= 15 is 0 Å². The highest BCUT2D eigenvalue weighted by molar-refractivity contribution is 5.01. The van der Waals surface area contributed by atoms with Crippen LogP contribution in [0, 0.1) is 5.92 Å². The number of nitrogens with two attached hydrogens (primary N) is 1. The van der Waals surface area contributed by atoms with Crippen molar-refractivity contribution < 1.29 is 4.52 Å². The molecule has 1 aliphatic carbocycles. The van der Waals surface area contributed by atoms with Crippen molar-refractivity contribution in [2.75, 3.05) is 6.54 Å². The molecule has 0 amide bonds. The zero-order chi connectivity index (χ0) is 13.7. The lowest BCUT2D eigenvalue weighted by atomic mass is 9.90. The molecule has 1 fully saturated rings. The Balaban J connectivity index is 2.06. The fourth-order valence-electron chi connectivity index (χ4n) is 2.94. The lowest BCUT2D eigenvalue weighted by Gasteiger charge is -2.16. The monoisotopic (exact) mass is 265 g/mol. The standard InChI is InChI=1S/C15H27N3O/c1-11(2)13(10-16)15-17-14(18-19-15)12-8-6-4-3-5-7-9-12/h11-13H,3-10,16H2,1-2H3. The van der Waals surface area contributed by atoms with E-state index in [9.17, 15) is 0 Å². The number of hydrogen-bond donors (Lipinski definition) is 1. The molecule has 0 aliphatic heterocycles. The van der Waals surface area contributed by atoms with Crippen LogP contribution < -0.4 is 5.73 Å². The molecule has 0 radical (unpaired) electrons. The maximum atomic E-state index is 5.81. The first-order valence-electron chi connectivity index (χ1n) is 7.76. The van der Waals surface area contributed by atoms with E-state index in [1.54, 1.807) is 0 Å². The van der Waals surface area contributed by atoms with Crippen LogP contribution in [0.1, 0.15) is 82.3 Å². The molecule has 1 saturated carbocycles. The third kappa shape index (κ3) is 3.78. The highest BCUT2D eigenvalue weighted by Crippen LogP contribution is 2.30. The molecule has 4 nitrogen and oxygen atoms in total. The van der Waals surface area contributed by atoms with Gasteiger partial charge in [0.1, 0.15) is 0 Å². The van der Waals surface area contributed by atoms with Gasteiger partial charge in [0, 0.05) is 12.5 Å². The van der Waals surface area contributed by atoms with Crippen LogP contribution >= 0.6 is 0 Å². The highest BCUT2D eigenvalue weighted by atomic mass is 16.5. The SMILES string of the molecule is CC(C)C(CN)c1nc(C2CCCCCCC2)no1. The third-order valence-corrected chi connectivity index (χ3v) is 4.30. The zero-order valence-electron chi connectivity index (χ0n) is 12.3. The van der Waals surface area contributed by atoms with Crippen LogP contribution in [-0.4, -0.2) is 16.7 Å². The van der Waals surface area contributed by atoms with Crippen molar-refractivity contribution in [2.45, 2.75) is 70.6 Å². The summed E-state index contributed by atoms with van der Waals surface area (Å²) in [4.78, 5) is 4.64. The van der Waals surface area contributed by atoms with Gasteiger partial charge in [0.25, 0.3) is 0 Å². The van der Waals surface area contributed by atoms with Crippen molar-refractivity contribution in [2.24, 2.45) is 11.7 Å². The normalized spacial score (nSPS) is 20.2. The van der Waals surface area contributed by atoms with Gasteiger partial charge in [0.15, 0.2) is 5.82 Å². The molecule has 1 heterocycles. The molecule has 0 saturated heterocycles. The number of aromatic nitrogens is 2. The highest BCUT2D eigenvalue weighted by Gasteiger charge is 2.24. The van der Waals surface area contributed by atoms with Gasteiger partial charge >= 0.3 is 0 Å². The Hall–Kier alpha value is -0.900. The summed E-state index contributed by atoms with van der Waals surface area (Å²) < 4.78 is 5.46. The van der Waals surface area contributed by atoms with E-state index in [1.807, 2.05) is 0 Å². The predicted octanol–water partition coefficient (Wildman–Crippen LogP) is 3.60. The first-order valence-corrected chi connectivity index (χ1v) is 7.76. The average Bonchev–Trinajstić information content (AvgIpc) is 2.78. The lowest BCUT2D eigenvalue weighted by molar-refractivity contribution is 0.318. The van der Waals surface area contributed by atoms with Crippen LogP contribution in [0.15, 0.2) is 4.52 Å². The van der Waals surface area contributed by atoms with Gasteiger partial charge in [-0.2, -0.15) is 4.98 Å². The van der Waals surface area contributed by atoms with E-state index in [2.05, 4.69) is 24.0 Å². The topological polar surface area (TPSA) is 64.9 Å². The van der Waals surface area contributed by atoms with Crippen LogP contribution in [0.25, 0.3) is 0 Å². The minimum Gasteiger partial charge on any atom is -0.339 e. The molecular formula is C15H27N3O. The Bertz CT molecular complexity index is 367. The Morgan fingerprint density at radius 2 is 1.79 bits per heavy atom. The number of rotatable bonds is 4. The van der Waals surface area contributed by atoms with Gasteiger partial charge in [0.05, 0.1) is 5.92 Å². The fraction of sp³-hybridized carbons (Fsp3) is 0.867. The molecule has 1 aliphatic rings. The fourth-order valence-corrected chi connectivity index (χ4v) is 2.94. The van der Waals surface area contributed by atoms with Crippen molar-refractivity contribution in [1.29, 1.82) is 0 Å². The quantitative estimate of drug-likeness (QED) is 0.903. The third-order valence-electron chi connectivity index (χ3n) is 4.30. The Kier molecular flexibility index (Phi) is 5.37. The summed E-state index contributed by atoms with van der Waals surface area (Å²) in [6.45, 7) is 4.87. The second kappa shape index (κ2) is 7.04. The molecule has 1 aromatic heterocycles. The minimum absolute atomic E-state index is 0.190. The van der Waals surface area contributed by atoms with Gasteiger partial charge in [-0.15, -0.1) is 0 Å². The van der Waals surface area contributed by atoms with E-state index in [0.717, 1.165) is 11.7 Å². The van der Waals surface area contributed by atoms with Crippen LogP contribution in [0.2, 0.25) is 0 Å². The Morgan fingerprint density at radius 3 is 2.37 bits per heavy atom. The second-order valence-electron chi connectivity index (χ2n) is 6.12. The molecule has 4 heteroatoms. The van der Waals surface area contributed by atoms with Gasteiger partial charge in [-0.1, -0.05) is 51.1 Å². The van der Waals surface area contributed by atoms with Crippen LogP contribution in [-0.2, 0) is 0 Å². The molecule has 1 atom stereocenters. The van der Waals surface area contributed by atoms with E-state index in [1.165, 1.54) is 44.9 Å². The molecule has 0 bridgehead atoms. The summed E-state index contributed by atoms with van der Waals surface area (Å²) in [6.07, 6.45) is 9.06. The molecular weight excluding hydrogens is 238 g/mol. The molecule has 19 heavy (non-hydrogen) atoms. The first-order chi connectivity index (χ1) is 9.22. The summed E-state index contributed by atoms with van der Waals surface area (Å²) in [5, 5.41) is 4.22. The van der Waals surface area contributed by atoms with Gasteiger partial charge < -0.3 is 10.3 Å². The summed E-state index contributed by atoms with van der Waals surface area (Å²) in [7, 11) is 0. The lowest BCUT2D eigenvalue weighted by Crippen LogP contribution is -2.18. The minimum atomic E-state index is 0.190. The molecule has 108 valence electrons. The van der Waals surface area contributed by atoms with E-state index < -0.39 is 0 Å². The van der Waals surface area contributed by atoms with Gasteiger partial charge in [-0.05, 0) is 18.8 Å². The van der Waals surface area contributed by atoms with Gasteiger partial charge in [0.2, 0.25) is 5.89 Å². The molecule has 0 aromatic carbocycles. The van der Waals surface area contributed by atoms with Crippen molar-refractivity contribution in [3.8, 4) is 0 Å². The smallest absolute Gasteiger partial charge is 0.231 e. The summed E-state index contributed by atoms with van der Waals surface area (Å²) in [6, 6.07) is 0. The molecule has 0 spiro atoms. The first kappa shape index (κ1) is 14.5. The van der Waals surface area contributed by atoms with Crippen molar-refractivity contribution in [3.05, 3.63) is 11.7 Å². The van der Waals surface area contributed by atoms with E-state index in [0.29, 0.717) is 18.4 Å². The molecule has 1 aromatic rings. The van der Waals surface area contributed by atoms with E-state index in [-0.39, 0.29) is 5.92 Å². The largest absolute Gasteiger partial charge is 0.339 e. The van der Waals surface area contributed by atoms with Crippen LogP contribution in [0.4, 0.5) is 0 Å². The predicted molar refractivity (Wildman–Crippen MR) is 76.0 cm³/mol. The second-order valence-corrected chi connectivity index (χ2v) is 6.12. The maximum Gasteiger partial charge on any atom is 0.231 e. The molecule has 1 unspecified atom stereocenters. The van der Waals surface area contributed by atoms with Crippen LogP contribution in [0.5, 0.6) is 0 Å². The average molecular weight is 265 g/mol. The Morgan fingerprint density at radius 1 is 1.16 bits per heavy atom. The van der Waals surface area contributed by atoms with Gasteiger partial charge in [-0.3, -0.25) is 0 Å². The summed E-state index contributed by atoms with van der Waals surface area (Å²) >= 11 is 0. The summed E-state index contributed by atoms with van der Waals surface area (Å²) in [5.74, 6) is 2.76. The zero-order valence-corrected chi connectivity index (χ0v) is 12.3. The number of hydrogen-bond acceptors (Lipinski definition) is 4. The van der Waals surface area contributed by atoms with Gasteiger partial charge in [-0.25, -0.2) is 0 Å².